The number of ether oxygens (including phenoxy) is 4. The minimum Gasteiger partial charge on any atom is -0.493 e. The summed E-state index contributed by atoms with van der Waals surface area (Å²) in [5.74, 6) is 1.64. The highest BCUT2D eigenvalue weighted by molar-refractivity contribution is 9.09. The van der Waals surface area contributed by atoms with Gasteiger partial charge in [0.05, 0.1) is 42.8 Å². The number of halogens is 2. The van der Waals surface area contributed by atoms with E-state index in [0.29, 0.717) is 61.1 Å². The highest BCUT2D eigenvalue weighted by Crippen LogP contribution is 2.32. The van der Waals surface area contributed by atoms with Crippen LogP contribution in [0.25, 0.3) is 0 Å². The molecule has 1 unspecified atom stereocenters. The molecule has 1 aliphatic rings. The molecule has 0 aromatic heterocycles. The zero-order valence-electron chi connectivity index (χ0n) is 19.4. The van der Waals surface area contributed by atoms with E-state index in [9.17, 15) is 24.6 Å². The van der Waals surface area contributed by atoms with E-state index < -0.39 is 16.0 Å². The number of rotatable bonds is 11. The quantitative estimate of drug-likeness (QED) is 0.223. The van der Waals surface area contributed by atoms with Gasteiger partial charge in [-0.3, -0.25) is 25.1 Å². The van der Waals surface area contributed by atoms with Crippen LogP contribution in [0, 0.1) is 20.2 Å². The van der Waals surface area contributed by atoms with Gasteiger partial charge in [-0.15, -0.1) is 0 Å². The number of alkyl halides is 2. The molecule has 2 aromatic rings. The number of likely N-dealkylation sites (tertiary alicyclic amines) is 1. The van der Waals surface area contributed by atoms with Gasteiger partial charge in [0.25, 0.3) is 11.4 Å². The van der Waals surface area contributed by atoms with E-state index in [-0.39, 0.29) is 11.4 Å². The standard InChI is InChI=1S/C13H17FN2O4.C9H10BrNO4/c1-19-13-8-11(16(17)18)2-3-12(13)20-7-6-15-5-4-10(14)9-15;1-14-9-6-7(11(12)13)2-3-8(9)15-5-4-10/h2-3,8,10H,4-7,9H2,1H3;2-3,6H,4-5H2,1H3. The van der Waals surface area contributed by atoms with Crippen LogP contribution in [-0.2, 0) is 0 Å². The van der Waals surface area contributed by atoms with Crippen molar-refractivity contribution in [1.29, 1.82) is 0 Å². The van der Waals surface area contributed by atoms with E-state index in [4.69, 9.17) is 18.9 Å². The summed E-state index contributed by atoms with van der Waals surface area (Å²) >= 11 is 3.22. The number of nitro groups is 2. The van der Waals surface area contributed by atoms with Crippen molar-refractivity contribution in [2.24, 2.45) is 0 Å². The average Bonchev–Trinajstić information content (AvgIpc) is 3.27. The van der Waals surface area contributed by atoms with Crippen LogP contribution in [0.15, 0.2) is 36.4 Å². The monoisotopic (exact) mass is 559 g/mol. The van der Waals surface area contributed by atoms with Crippen LogP contribution < -0.4 is 18.9 Å². The molecule has 0 saturated carbocycles. The van der Waals surface area contributed by atoms with Crippen molar-refractivity contribution in [3.8, 4) is 23.0 Å². The second-order valence-electron chi connectivity index (χ2n) is 7.26. The summed E-state index contributed by atoms with van der Waals surface area (Å²) in [6.07, 6.45) is -0.176. The van der Waals surface area contributed by atoms with Crippen LogP contribution in [0.3, 0.4) is 0 Å². The van der Waals surface area contributed by atoms with E-state index in [0.717, 1.165) is 6.54 Å². The SMILES string of the molecule is COc1cc([N+](=O)[O-])ccc1OCCBr.COc1cc([N+](=O)[O-])ccc1OCCN1CCC(F)C1. The maximum Gasteiger partial charge on any atom is 0.273 e. The lowest BCUT2D eigenvalue weighted by Gasteiger charge is -2.16. The molecule has 0 radical (unpaired) electrons. The topological polar surface area (TPSA) is 126 Å². The Balaban J connectivity index is 0.000000258. The molecule has 13 heteroatoms. The van der Waals surface area contributed by atoms with Gasteiger partial charge in [0.1, 0.15) is 12.8 Å². The molecule has 0 bridgehead atoms. The molecule has 1 atom stereocenters. The van der Waals surface area contributed by atoms with Gasteiger partial charge in [-0.2, -0.15) is 0 Å². The predicted molar refractivity (Wildman–Crippen MR) is 130 cm³/mol. The molecule has 0 spiro atoms. The first-order valence-corrected chi connectivity index (χ1v) is 11.7. The first kappa shape index (κ1) is 28.1. The Morgan fingerprint density at radius 3 is 1.86 bits per heavy atom. The molecule has 1 saturated heterocycles. The molecule has 1 aliphatic heterocycles. The largest absolute Gasteiger partial charge is 0.493 e. The first-order chi connectivity index (χ1) is 16.8. The molecule has 192 valence electrons. The smallest absolute Gasteiger partial charge is 0.273 e. The highest BCUT2D eigenvalue weighted by atomic mass is 79.9. The van der Waals surface area contributed by atoms with Crippen molar-refractivity contribution in [2.45, 2.75) is 12.6 Å². The molecule has 1 heterocycles. The zero-order chi connectivity index (χ0) is 25.8. The Bertz CT molecular complexity index is 997. The van der Waals surface area contributed by atoms with Gasteiger partial charge in [-0.25, -0.2) is 4.39 Å². The lowest BCUT2D eigenvalue weighted by molar-refractivity contribution is -0.385. The normalized spacial score (nSPS) is 15.0. The lowest BCUT2D eigenvalue weighted by atomic mass is 10.3. The zero-order valence-corrected chi connectivity index (χ0v) is 20.9. The van der Waals surface area contributed by atoms with E-state index in [1.165, 1.54) is 50.6 Å². The molecule has 0 amide bonds. The van der Waals surface area contributed by atoms with Crippen LogP contribution in [-0.4, -0.2) is 73.3 Å². The minimum atomic E-state index is -0.746. The molecular formula is C22H27BrFN3O8. The number of hydrogen-bond donors (Lipinski definition) is 0. The van der Waals surface area contributed by atoms with Crippen molar-refractivity contribution >= 4 is 27.3 Å². The summed E-state index contributed by atoms with van der Waals surface area (Å²) < 4.78 is 33.9. The molecule has 35 heavy (non-hydrogen) atoms. The second-order valence-corrected chi connectivity index (χ2v) is 8.05. The van der Waals surface area contributed by atoms with Crippen molar-refractivity contribution in [3.05, 3.63) is 56.6 Å². The van der Waals surface area contributed by atoms with Crippen molar-refractivity contribution in [1.82, 2.24) is 4.90 Å². The van der Waals surface area contributed by atoms with Gasteiger partial charge in [0.2, 0.25) is 0 Å². The van der Waals surface area contributed by atoms with Gasteiger partial charge in [-0.1, -0.05) is 15.9 Å². The summed E-state index contributed by atoms with van der Waals surface area (Å²) in [5.41, 5.74) is -0.0629. The number of nitro benzene ring substituents is 2. The summed E-state index contributed by atoms with van der Waals surface area (Å²) in [6.45, 7) is 2.68. The maximum absolute atomic E-state index is 13.0. The predicted octanol–water partition coefficient (Wildman–Crippen LogP) is 4.40. The Morgan fingerprint density at radius 2 is 1.46 bits per heavy atom. The summed E-state index contributed by atoms with van der Waals surface area (Å²) in [5, 5.41) is 21.8. The maximum atomic E-state index is 13.0. The third-order valence-electron chi connectivity index (χ3n) is 4.93. The molecular weight excluding hydrogens is 533 g/mol. The van der Waals surface area contributed by atoms with Gasteiger partial charge < -0.3 is 18.9 Å². The fourth-order valence-corrected chi connectivity index (χ4v) is 3.36. The summed E-state index contributed by atoms with van der Waals surface area (Å²) in [7, 11) is 2.88. The van der Waals surface area contributed by atoms with Crippen LogP contribution in [0.1, 0.15) is 6.42 Å². The fourth-order valence-electron chi connectivity index (χ4n) is 3.20. The molecule has 2 aromatic carbocycles. The molecule has 0 aliphatic carbocycles. The number of non-ortho nitro benzene ring substituents is 2. The highest BCUT2D eigenvalue weighted by Gasteiger charge is 2.21. The van der Waals surface area contributed by atoms with Gasteiger partial charge >= 0.3 is 0 Å². The molecule has 0 N–H and O–H groups in total. The first-order valence-electron chi connectivity index (χ1n) is 10.6. The fraction of sp³-hybridized carbons (Fsp3) is 0.455. The summed E-state index contributed by atoms with van der Waals surface area (Å²) in [6, 6.07) is 8.45. The Labute approximate surface area is 210 Å². The third kappa shape index (κ3) is 8.83. The van der Waals surface area contributed by atoms with Crippen LogP contribution in [0.2, 0.25) is 0 Å². The number of hydrogen-bond acceptors (Lipinski definition) is 9. The number of benzene rings is 2. The van der Waals surface area contributed by atoms with E-state index in [1.807, 2.05) is 4.90 Å². The van der Waals surface area contributed by atoms with Gasteiger partial charge in [0, 0.05) is 37.1 Å². The van der Waals surface area contributed by atoms with Crippen molar-refractivity contribution in [2.75, 3.05) is 52.4 Å². The summed E-state index contributed by atoms with van der Waals surface area (Å²) in [4.78, 5) is 22.2. The van der Waals surface area contributed by atoms with Crippen LogP contribution in [0.4, 0.5) is 15.8 Å². The Morgan fingerprint density at radius 1 is 0.943 bits per heavy atom. The lowest BCUT2D eigenvalue weighted by Crippen LogP contribution is -2.26. The van der Waals surface area contributed by atoms with Crippen molar-refractivity contribution < 1.29 is 33.2 Å². The van der Waals surface area contributed by atoms with E-state index >= 15 is 0 Å². The Kier molecular flexibility index (Phi) is 11.4. The number of nitrogens with zero attached hydrogens (tertiary/aromatic N) is 3. The van der Waals surface area contributed by atoms with Gasteiger partial charge in [0.15, 0.2) is 23.0 Å². The van der Waals surface area contributed by atoms with E-state index in [1.54, 1.807) is 0 Å². The molecule has 1 fully saturated rings. The molecule has 3 rings (SSSR count). The van der Waals surface area contributed by atoms with Crippen molar-refractivity contribution in [3.63, 3.8) is 0 Å². The Hall–Kier alpha value is -3.19. The second kappa shape index (κ2) is 14.3. The number of methoxy groups -OCH3 is 2. The van der Waals surface area contributed by atoms with Crippen LogP contribution >= 0.6 is 15.9 Å². The van der Waals surface area contributed by atoms with Crippen LogP contribution in [0.5, 0.6) is 23.0 Å². The van der Waals surface area contributed by atoms with Gasteiger partial charge in [-0.05, 0) is 18.6 Å². The minimum absolute atomic E-state index is 0.0157. The average molecular weight is 560 g/mol. The molecule has 11 nitrogen and oxygen atoms in total. The van der Waals surface area contributed by atoms with E-state index in [2.05, 4.69) is 15.9 Å². The third-order valence-corrected chi connectivity index (χ3v) is 5.25.